The van der Waals surface area contributed by atoms with E-state index in [1.165, 1.54) is 46.8 Å². The van der Waals surface area contributed by atoms with Crippen LogP contribution in [0.3, 0.4) is 0 Å². The second kappa shape index (κ2) is 24.4. The molecule has 2 aliphatic heterocycles. The topological polar surface area (TPSA) is 205 Å². The Kier molecular flexibility index (Phi) is 21.2. The van der Waals surface area contributed by atoms with E-state index in [-0.39, 0.29) is 73.5 Å². The van der Waals surface area contributed by atoms with E-state index >= 15 is 0 Å². The van der Waals surface area contributed by atoms with Gasteiger partial charge in [0.1, 0.15) is 11.6 Å². The number of fused-ring (bicyclic) bond motifs is 2. The molecule has 340 valence electrons. The molecule has 12 nitrogen and oxygen atoms in total. The van der Waals surface area contributed by atoms with Gasteiger partial charge in [0.2, 0.25) is 14.7 Å². The van der Waals surface area contributed by atoms with Gasteiger partial charge in [0.15, 0.2) is 0 Å². The number of hydrogen-bond acceptors (Lipinski definition) is 8. The zero-order valence-corrected chi connectivity index (χ0v) is 39.8. The number of nitrogens with zero attached hydrogens (tertiary/aromatic N) is 2. The molecular formula is C46H60F2Li2N2O10P2. The number of halogens is 2. The van der Waals surface area contributed by atoms with Crippen LogP contribution in [0.4, 0.5) is 8.78 Å². The summed E-state index contributed by atoms with van der Waals surface area (Å²) >= 11 is 0. The second-order valence-electron chi connectivity index (χ2n) is 17.4. The molecular weight excluding hydrogens is 854 g/mol. The number of aromatic nitrogens is 2. The molecule has 4 heterocycles. The predicted molar refractivity (Wildman–Crippen MR) is 231 cm³/mol. The summed E-state index contributed by atoms with van der Waals surface area (Å²) in [5.74, 6) is -3.11. The van der Waals surface area contributed by atoms with Gasteiger partial charge in [0.25, 0.3) is 0 Å². The molecule has 4 N–H and O–H groups in total. The zero-order chi connectivity index (χ0) is 45.5. The first-order chi connectivity index (χ1) is 29.2. The maximum absolute atomic E-state index is 13.5. The third kappa shape index (κ3) is 14.6. The van der Waals surface area contributed by atoms with Crippen molar-refractivity contribution in [2.75, 3.05) is 24.6 Å². The Morgan fingerprint density at radius 3 is 1.25 bits per heavy atom. The Morgan fingerprint density at radius 1 is 0.625 bits per heavy atom. The standard InChI is InChI=1S/2C23H31FNO5P.2Li/c2*1-15(2)22-19(10-12-31(29,30)14-18(26)13-21(27)28)23(16-6-8-17(24)9-7-16)25-11-4-3-5-20(22)25;;/h2*6-9,15,18,26H,3-5,10-14H2,1-2H3,(H,27,28)(H,29,30);;/q;;2*+1/p-2/t2*18-;;/m00../s1. The first kappa shape index (κ1) is 55.6. The fraction of sp³-hybridized carbons (Fsp3) is 0.522. The van der Waals surface area contributed by atoms with E-state index in [9.17, 15) is 57.7 Å². The molecule has 2 aromatic carbocycles. The van der Waals surface area contributed by atoms with Crippen molar-refractivity contribution in [1.29, 1.82) is 0 Å². The maximum atomic E-state index is 13.5. The van der Waals surface area contributed by atoms with Crippen LogP contribution >= 0.6 is 14.7 Å². The quantitative estimate of drug-likeness (QED) is 0.0786. The number of benzene rings is 2. The van der Waals surface area contributed by atoms with Gasteiger partial charge < -0.3 is 48.9 Å². The van der Waals surface area contributed by atoms with E-state index in [2.05, 4.69) is 36.8 Å². The first-order valence-corrected chi connectivity index (χ1v) is 25.6. The summed E-state index contributed by atoms with van der Waals surface area (Å²) in [7, 11) is -7.51. The molecule has 64 heavy (non-hydrogen) atoms. The van der Waals surface area contributed by atoms with Gasteiger partial charge in [-0.25, -0.2) is 8.78 Å². The summed E-state index contributed by atoms with van der Waals surface area (Å²) in [5.41, 5.74) is 10.5. The molecule has 6 rings (SSSR count). The Morgan fingerprint density at radius 2 is 0.953 bits per heavy atom. The van der Waals surface area contributed by atoms with Crippen LogP contribution in [0.25, 0.3) is 22.5 Å². The van der Waals surface area contributed by atoms with Crippen molar-refractivity contribution in [3.05, 3.63) is 93.8 Å². The van der Waals surface area contributed by atoms with E-state index in [4.69, 9.17) is 0 Å². The van der Waals surface area contributed by atoms with Gasteiger partial charge in [-0.3, -0.25) is 9.13 Å². The van der Waals surface area contributed by atoms with Crippen LogP contribution in [0, 0.1) is 11.6 Å². The summed E-state index contributed by atoms with van der Waals surface area (Å²) in [6.45, 7) is 10.1. The summed E-state index contributed by atoms with van der Waals surface area (Å²) in [6, 6.07) is 12.6. The molecule has 0 amide bonds. The number of aliphatic hydroxyl groups excluding tert-OH is 2. The number of hydrogen-bond donors (Lipinski definition) is 4. The number of aliphatic hydroxyl groups is 2. The molecule has 0 spiro atoms. The number of carboxylic acids is 2. The third-order valence-electron chi connectivity index (χ3n) is 11.7. The molecule has 0 saturated carbocycles. The fourth-order valence-electron chi connectivity index (χ4n) is 9.32. The van der Waals surface area contributed by atoms with Gasteiger partial charge in [0, 0.05) is 61.6 Å². The van der Waals surface area contributed by atoms with E-state index in [1.807, 2.05) is 0 Å². The van der Waals surface area contributed by atoms with Gasteiger partial charge in [-0.15, -0.1) is 0 Å². The molecule has 18 heteroatoms. The summed E-state index contributed by atoms with van der Waals surface area (Å²) < 4.78 is 57.1. The Bertz CT molecular complexity index is 2140. The normalized spacial score (nSPS) is 16.2. The van der Waals surface area contributed by atoms with Crippen molar-refractivity contribution >= 4 is 26.7 Å². The van der Waals surface area contributed by atoms with Crippen molar-refractivity contribution in [3.63, 3.8) is 0 Å². The summed E-state index contributed by atoms with van der Waals surface area (Å²) in [5, 5.41) is 40.9. The Balaban J connectivity index is 0.000000330. The minimum absolute atomic E-state index is 0. The predicted octanol–water partition coefficient (Wildman–Crippen LogP) is 0.143. The fourth-order valence-corrected chi connectivity index (χ4v) is 12.4. The van der Waals surface area contributed by atoms with Gasteiger partial charge in [-0.1, -0.05) is 27.7 Å². The summed E-state index contributed by atoms with van der Waals surface area (Å²) in [6.07, 6.45) is 1.54. The molecule has 2 aromatic heterocycles. The smallest absolute Gasteiger partial charge is 0.550 e. The van der Waals surface area contributed by atoms with Crippen LogP contribution in [0.15, 0.2) is 48.5 Å². The number of carbonyl (C=O) groups is 2. The molecule has 2 unspecified atom stereocenters. The third-order valence-corrected chi connectivity index (χ3v) is 15.6. The van der Waals surface area contributed by atoms with Crippen molar-refractivity contribution in [1.82, 2.24) is 9.13 Å². The van der Waals surface area contributed by atoms with Crippen LogP contribution in [-0.2, 0) is 57.5 Å². The van der Waals surface area contributed by atoms with Crippen molar-refractivity contribution in [3.8, 4) is 22.5 Å². The van der Waals surface area contributed by atoms with Crippen molar-refractivity contribution in [2.45, 2.75) is 129 Å². The average molecular weight is 915 g/mol. The number of carbonyl (C=O) groups excluding carboxylic acids is 2. The van der Waals surface area contributed by atoms with Crippen LogP contribution in [0.1, 0.15) is 112 Å². The molecule has 0 bridgehead atoms. The van der Waals surface area contributed by atoms with Gasteiger partial charge in [-0.2, -0.15) is 0 Å². The second-order valence-corrected chi connectivity index (χ2v) is 22.4. The van der Waals surface area contributed by atoms with Crippen LogP contribution < -0.4 is 47.9 Å². The Hall–Kier alpha value is -2.71. The molecule has 0 radical (unpaired) electrons. The van der Waals surface area contributed by atoms with E-state index in [0.717, 1.165) is 85.3 Å². The molecule has 0 aliphatic carbocycles. The average Bonchev–Trinajstić information content (AvgIpc) is 3.69. The molecule has 0 fully saturated rings. The van der Waals surface area contributed by atoms with Crippen LogP contribution in [-0.4, -0.2) is 77.9 Å². The van der Waals surface area contributed by atoms with E-state index in [0.29, 0.717) is 12.8 Å². The number of carboxylic acid groups (broad SMARTS) is 2. The first-order valence-electron chi connectivity index (χ1n) is 21.6. The van der Waals surface area contributed by atoms with Crippen molar-refractivity contribution in [2.24, 2.45) is 0 Å². The monoisotopic (exact) mass is 914 g/mol. The van der Waals surface area contributed by atoms with E-state index < -0.39 is 64.0 Å². The number of rotatable bonds is 18. The van der Waals surface area contributed by atoms with E-state index in [1.54, 1.807) is 24.3 Å². The van der Waals surface area contributed by atoms with Gasteiger partial charge in [-0.05, 0) is 145 Å². The minimum atomic E-state index is -3.76. The van der Waals surface area contributed by atoms with Gasteiger partial charge >= 0.3 is 37.7 Å². The van der Waals surface area contributed by atoms with Gasteiger partial charge in [0.05, 0.1) is 35.9 Å². The summed E-state index contributed by atoms with van der Waals surface area (Å²) in [4.78, 5) is 42.2. The minimum Gasteiger partial charge on any atom is -0.550 e. The van der Waals surface area contributed by atoms with Crippen LogP contribution in [0.2, 0.25) is 0 Å². The molecule has 0 saturated heterocycles. The number of aliphatic carboxylic acids is 2. The molecule has 4 aromatic rings. The molecule has 4 atom stereocenters. The Labute approximate surface area is 399 Å². The van der Waals surface area contributed by atoms with Crippen molar-refractivity contribution < 1.29 is 95.4 Å². The molecule has 2 aliphatic rings. The largest absolute Gasteiger partial charge is 1.00 e. The van der Waals surface area contributed by atoms with Crippen LogP contribution in [0.5, 0.6) is 0 Å². The SMILES string of the molecule is CC(C)c1c(CCP(=O)(O)C[C@@H](O)CC(=O)[O-])c(-c2ccc(F)cc2)n2c1CCCC2.CC(C)c1c(CCP(=O)(O)C[C@@H](O)CC(=O)[O-])c(-c2ccc(F)cc2)n2c1CCCC2.[Li+].[Li+]. The zero-order valence-electron chi connectivity index (χ0n) is 38.0. The maximum Gasteiger partial charge on any atom is 1.00 e.